The molecular weight excluding hydrogens is 254 g/mol. The Kier molecular flexibility index (Phi) is 6.78. The number of nitrogens with one attached hydrogen (secondary N) is 1. The molecule has 0 heterocycles. The molecule has 17 heavy (non-hydrogen) atoms. The third-order valence-electron chi connectivity index (χ3n) is 2.60. The lowest BCUT2D eigenvalue weighted by Gasteiger charge is -2.13. The highest BCUT2D eigenvalue weighted by atomic mass is 35.5. The molecule has 96 valence electrons. The van der Waals surface area contributed by atoms with Crippen molar-refractivity contribution in [1.82, 2.24) is 5.32 Å². The van der Waals surface area contributed by atoms with Crippen LogP contribution in [-0.4, -0.2) is 28.3 Å². The van der Waals surface area contributed by atoms with E-state index in [-0.39, 0.29) is 0 Å². The summed E-state index contributed by atoms with van der Waals surface area (Å²) >= 11 is 5.83. The van der Waals surface area contributed by atoms with Crippen LogP contribution in [0.5, 0.6) is 0 Å². The molecule has 0 bridgehead atoms. The highest BCUT2D eigenvalue weighted by Gasteiger charge is 2.03. The zero-order valence-electron chi connectivity index (χ0n) is 10.4. The first-order valence-corrected chi connectivity index (χ1v) is 7.81. The fourth-order valence-electron chi connectivity index (χ4n) is 1.61. The van der Waals surface area contributed by atoms with Crippen LogP contribution in [-0.2, 0) is 17.2 Å². The van der Waals surface area contributed by atoms with Crippen molar-refractivity contribution in [3.63, 3.8) is 0 Å². The number of hydrogen-bond acceptors (Lipinski definition) is 2. The Hall–Kier alpha value is -0.380. The van der Waals surface area contributed by atoms with Gasteiger partial charge in [0, 0.05) is 39.9 Å². The smallest absolute Gasteiger partial charge is 0.0406 e. The third kappa shape index (κ3) is 6.20. The second-order valence-electron chi connectivity index (χ2n) is 4.12. The summed E-state index contributed by atoms with van der Waals surface area (Å²) < 4.78 is 11.2. The minimum absolute atomic E-state index is 0.394. The Balaban J connectivity index is 2.27. The van der Waals surface area contributed by atoms with Crippen LogP contribution in [0.25, 0.3) is 0 Å². The van der Waals surface area contributed by atoms with E-state index >= 15 is 0 Å². The van der Waals surface area contributed by atoms with Crippen LogP contribution < -0.4 is 5.32 Å². The standard InChI is InChI=1S/C13H20ClNOS/c1-3-17(16)9-8-15-11(2)10-12-4-6-13(14)7-5-12/h4-7,11,15H,3,8-10H2,1-2H3. The zero-order chi connectivity index (χ0) is 12.7. The van der Waals surface area contributed by atoms with Crippen molar-refractivity contribution in [2.45, 2.75) is 26.3 Å². The summed E-state index contributed by atoms with van der Waals surface area (Å²) in [6.07, 6.45) is 0.968. The van der Waals surface area contributed by atoms with Crippen molar-refractivity contribution < 1.29 is 4.21 Å². The summed E-state index contributed by atoms with van der Waals surface area (Å²) in [5, 5.41) is 4.16. The van der Waals surface area contributed by atoms with E-state index in [0.29, 0.717) is 6.04 Å². The van der Waals surface area contributed by atoms with E-state index in [4.69, 9.17) is 11.6 Å². The summed E-state index contributed by atoms with van der Waals surface area (Å²) in [4.78, 5) is 0. The highest BCUT2D eigenvalue weighted by Crippen LogP contribution is 2.10. The molecule has 2 unspecified atom stereocenters. The predicted octanol–water partition coefficient (Wildman–Crippen LogP) is 2.63. The summed E-state index contributed by atoms with van der Waals surface area (Å²) in [5.74, 6) is 1.48. The van der Waals surface area contributed by atoms with E-state index in [2.05, 4.69) is 12.2 Å². The Morgan fingerprint density at radius 3 is 2.59 bits per heavy atom. The molecule has 0 saturated heterocycles. The lowest BCUT2D eigenvalue weighted by Crippen LogP contribution is -2.31. The second-order valence-corrected chi connectivity index (χ2v) is 6.42. The van der Waals surface area contributed by atoms with E-state index in [1.54, 1.807) is 0 Å². The van der Waals surface area contributed by atoms with Crippen LogP contribution in [0.1, 0.15) is 19.4 Å². The number of rotatable bonds is 7. The fraction of sp³-hybridized carbons (Fsp3) is 0.538. The summed E-state index contributed by atoms with van der Waals surface area (Å²) in [6.45, 7) is 4.91. The molecule has 0 aliphatic carbocycles. The first kappa shape index (κ1) is 14.7. The van der Waals surface area contributed by atoms with Gasteiger partial charge in [-0.1, -0.05) is 30.7 Å². The molecule has 2 atom stereocenters. The normalized spacial score (nSPS) is 14.5. The molecule has 0 aliphatic heterocycles. The molecule has 0 aliphatic rings. The molecule has 0 aromatic heterocycles. The van der Waals surface area contributed by atoms with Gasteiger partial charge in [0.2, 0.25) is 0 Å². The van der Waals surface area contributed by atoms with Gasteiger partial charge in [-0.25, -0.2) is 0 Å². The molecule has 0 amide bonds. The van der Waals surface area contributed by atoms with Crippen LogP contribution in [0.2, 0.25) is 5.02 Å². The quantitative estimate of drug-likeness (QED) is 0.828. The number of benzene rings is 1. The molecule has 1 rings (SSSR count). The van der Waals surface area contributed by atoms with Gasteiger partial charge in [0.05, 0.1) is 0 Å². The van der Waals surface area contributed by atoms with Gasteiger partial charge in [-0.3, -0.25) is 4.21 Å². The van der Waals surface area contributed by atoms with Gasteiger partial charge in [0.1, 0.15) is 0 Å². The van der Waals surface area contributed by atoms with Crippen molar-refractivity contribution in [3.05, 3.63) is 34.9 Å². The molecule has 2 nitrogen and oxygen atoms in total. The molecule has 0 fully saturated rings. The minimum atomic E-state index is -0.673. The maximum Gasteiger partial charge on any atom is 0.0406 e. The number of hydrogen-bond donors (Lipinski definition) is 1. The van der Waals surface area contributed by atoms with Crippen LogP contribution in [0.3, 0.4) is 0 Å². The molecule has 0 radical (unpaired) electrons. The Bertz CT molecular complexity index is 353. The maximum atomic E-state index is 11.2. The molecular formula is C13H20ClNOS. The molecule has 1 N–H and O–H groups in total. The molecule has 0 spiro atoms. The van der Waals surface area contributed by atoms with Crippen LogP contribution >= 0.6 is 11.6 Å². The summed E-state index contributed by atoms with van der Waals surface area (Å²) in [7, 11) is -0.673. The van der Waals surface area contributed by atoms with Crippen LogP contribution in [0, 0.1) is 0 Å². The third-order valence-corrected chi connectivity index (χ3v) is 4.16. The van der Waals surface area contributed by atoms with Crippen molar-refractivity contribution in [2.75, 3.05) is 18.1 Å². The molecule has 0 saturated carbocycles. The Labute approximate surface area is 111 Å². The Morgan fingerprint density at radius 1 is 1.35 bits per heavy atom. The minimum Gasteiger partial charge on any atom is -0.313 e. The lowest BCUT2D eigenvalue weighted by molar-refractivity contribution is 0.565. The van der Waals surface area contributed by atoms with Crippen LogP contribution in [0.4, 0.5) is 0 Å². The highest BCUT2D eigenvalue weighted by molar-refractivity contribution is 7.84. The molecule has 1 aromatic carbocycles. The van der Waals surface area contributed by atoms with E-state index in [1.165, 1.54) is 5.56 Å². The Morgan fingerprint density at radius 2 is 2.00 bits per heavy atom. The zero-order valence-corrected chi connectivity index (χ0v) is 12.0. The van der Waals surface area contributed by atoms with Crippen molar-refractivity contribution in [1.29, 1.82) is 0 Å². The van der Waals surface area contributed by atoms with Gasteiger partial charge in [0.15, 0.2) is 0 Å². The van der Waals surface area contributed by atoms with E-state index in [0.717, 1.165) is 29.5 Å². The van der Waals surface area contributed by atoms with Gasteiger partial charge in [0.25, 0.3) is 0 Å². The monoisotopic (exact) mass is 273 g/mol. The first-order chi connectivity index (χ1) is 8.11. The predicted molar refractivity (Wildman–Crippen MR) is 76.2 cm³/mol. The molecule has 4 heteroatoms. The topological polar surface area (TPSA) is 29.1 Å². The average molecular weight is 274 g/mol. The van der Waals surface area contributed by atoms with Gasteiger partial charge in [-0.15, -0.1) is 0 Å². The second kappa shape index (κ2) is 7.85. The van der Waals surface area contributed by atoms with E-state index < -0.39 is 10.8 Å². The lowest BCUT2D eigenvalue weighted by atomic mass is 10.1. The molecule has 1 aromatic rings. The van der Waals surface area contributed by atoms with Crippen molar-refractivity contribution in [2.24, 2.45) is 0 Å². The summed E-state index contributed by atoms with van der Waals surface area (Å²) in [6, 6.07) is 8.31. The first-order valence-electron chi connectivity index (χ1n) is 5.94. The van der Waals surface area contributed by atoms with E-state index in [9.17, 15) is 4.21 Å². The van der Waals surface area contributed by atoms with Crippen LogP contribution in [0.15, 0.2) is 24.3 Å². The van der Waals surface area contributed by atoms with Gasteiger partial charge in [-0.05, 0) is 31.0 Å². The van der Waals surface area contributed by atoms with Gasteiger partial charge >= 0.3 is 0 Å². The SMILES string of the molecule is CCS(=O)CCNC(C)Cc1ccc(Cl)cc1. The largest absolute Gasteiger partial charge is 0.313 e. The number of halogens is 1. The van der Waals surface area contributed by atoms with Crippen molar-refractivity contribution >= 4 is 22.4 Å². The summed E-state index contributed by atoms with van der Waals surface area (Å²) in [5.41, 5.74) is 1.27. The fourth-order valence-corrected chi connectivity index (χ4v) is 2.37. The van der Waals surface area contributed by atoms with Gasteiger partial charge in [-0.2, -0.15) is 0 Å². The van der Waals surface area contributed by atoms with Crippen molar-refractivity contribution in [3.8, 4) is 0 Å². The van der Waals surface area contributed by atoms with Gasteiger partial charge < -0.3 is 5.32 Å². The average Bonchev–Trinajstić information content (AvgIpc) is 2.32. The maximum absolute atomic E-state index is 11.2. The van der Waals surface area contributed by atoms with E-state index in [1.807, 2.05) is 31.2 Å².